The third kappa shape index (κ3) is 1.76. The Labute approximate surface area is 72.0 Å². The molecule has 5 heteroatoms. The maximum absolute atomic E-state index is 3.76. The molecule has 0 aromatic carbocycles. The Bertz CT molecular complexity index is 146. The first-order valence-corrected chi connectivity index (χ1v) is 4.41. The van der Waals surface area contributed by atoms with E-state index in [9.17, 15) is 0 Å². The van der Waals surface area contributed by atoms with Crippen LogP contribution in [0, 0.1) is 6.03 Å². The Morgan fingerprint density at radius 1 is 1.14 bits per heavy atom. The summed E-state index contributed by atoms with van der Waals surface area (Å²) >= 11 is 5.88. The Morgan fingerprint density at radius 3 is 1.71 bits per heavy atom. The summed E-state index contributed by atoms with van der Waals surface area (Å²) < 4.78 is 2.00. The minimum absolute atomic E-state index is 1.00. The number of hydrogen-bond donors (Lipinski definition) is 0. The molecule has 0 fully saturated rings. The molecule has 0 saturated heterocycles. The average Bonchev–Trinajstić information content (AvgIpc) is 1.87. The lowest BCUT2D eigenvalue weighted by Crippen LogP contribution is -1.66. The molecule has 1 aromatic heterocycles. The quantitative estimate of drug-likeness (QED) is 0.674. The smallest absolute Gasteiger partial charge is 0.131 e. The summed E-state index contributed by atoms with van der Waals surface area (Å²) in [5.74, 6) is 0. The fourth-order valence-electron chi connectivity index (χ4n) is 0.189. The molecule has 2 nitrogen and oxygen atoms in total. The van der Waals surface area contributed by atoms with Crippen molar-refractivity contribution in [2.75, 3.05) is 0 Å². The van der Waals surface area contributed by atoms with E-state index in [1.165, 1.54) is 0 Å². The Morgan fingerprint density at radius 2 is 1.57 bits per heavy atom. The lowest BCUT2D eigenvalue weighted by molar-refractivity contribution is 1.05. The van der Waals surface area contributed by atoms with E-state index in [-0.39, 0.29) is 0 Å². The van der Waals surface area contributed by atoms with Gasteiger partial charge in [0.1, 0.15) is 0 Å². The molecule has 0 spiro atoms. The fraction of sp³-hybridized carbons (Fsp3) is 0. The van der Waals surface area contributed by atoms with Gasteiger partial charge in [-0.1, -0.05) is 11.3 Å². The van der Waals surface area contributed by atoms with Crippen molar-refractivity contribution < 1.29 is 0 Å². The van der Waals surface area contributed by atoms with Crippen LogP contribution in [0.5, 0.6) is 0 Å². The van der Waals surface area contributed by atoms with Crippen LogP contribution in [0.25, 0.3) is 0 Å². The van der Waals surface area contributed by atoms with Crippen LogP contribution in [-0.2, 0) is 0 Å². The van der Waals surface area contributed by atoms with Crippen LogP contribution in [0.15, 0.2) is 0 Å². The molecule has 0 atom stereocenters. The SMILES string of the molecule is Ic1nnc(I)s1. The summed E-state index contributed by atoms with van der Waals surface area (Å²) in [7, 11) is 0. The van der Waals surface area contributed by atoms with Gasteiger partial charge in [-0.2, -0.15) is 0 Å². The standard InChI is InChI=1S/C2I2N2S/c3-1-5-6-2(4)7-1. The van der Waals surface area contributed by atoms with E-state index in [1.807, 2.05) is 0 Å². The van der Waals surface area contributed by atoms with Crippen molar-refractivity contribution in [1.82, 2.24) is 10.2 Å². The number of halogens is 2. The summed E-state index contributed by atoms with van der Waals surface area (Å²) in [4.78, 5) is 0. The second-order valence-electron chi connectivity index (χ2n) is 0.808. The molecule has 0 aliphatic heterocycles. The van der Waals surface area contributed by atoms with Crippen LogP contribution >= 0.6 is 56.5 Å². The summed E-state index contributed by atoms with van der Waals surface area (Å²) in [5, 5.41) is 7.53. The maximum Gasteiger partial charge on any atom is 0.178 e. The molecule has 0 N–H and O–H groups in total. The van der Waals surface area contributed by atoms with Crippen molar-refractivity contribution in [3.63, 3.8) is 0 Å². The highest BCUT2D eigenvalue weighted by Gasteiger charge is 1.92. The third-order valence-electron chi connectivity index (χ3n) is 0.376. The minimum atomic E-state index is 1.00. The van der Waals surface area contributed by atoms with Crippen LogP contribution in [-0.4, -0.2) is 10.2 Å². The van der Waals surface area contributed by atoms with Crippen LogP contribution in [0.2, 0.25) is 0 Å². The molecule has 0 unspecified atom stereocenters. The van der Waals surface area contributed by atoms with Crippen molar-refractivity contribution in [2.45, 2.75) is 0 Å². The second-order valence-corrected chi connectivity index (χ2v) is 5.29. The maximum atomic E-state index is 3.76. The van der Waals surface area contributed by atoms with Crippen molar-refractivity contribution in [3.05, 3.63) is 6.03 Å². The highest BCUT2D eigenvalue weighted by Crippen LogP contribution is 2.12. The molecule has 1 heterocycles. The number of aromatic nitrogens is 2. The van der Waals surface area contributed by atoms with Gasteiger partial charge in [-0.15, -0.1) is 10.2 Å². The van der Waals surface area contributed by atoms with Crippen LogP contribution in [0.1, 0.15) is 0 Å². The summed E-state index contributed by atoms with van der Waals surface area (Å²) in [6.45, 7) is 0. The first kappa shape index (κ1) is 6.14. The van der Waals surface area contributed by atoms with Crippen molar-refractivity contribution >= 4 is 56.5 Å². The molecular formula is C2I2N2S. The van der Waals surface area contributed by atoms with Crippen LogP contribution in [0.4, 0.5) is 0 Å². The summed E-state index contributed by atoms with van der Waals surface area (Å²) in [6.07, 6.45) is 0. The van der Waals surface area contributed by atoms with Gasteiger partial charge in [0.05, 0.1) is 0 Å². The number of rotatable bonds is 0. The Kier molecular flexibility index (Phi) is 2.22. The summed E-state index contributed by atoms with van der Waals surface area (Å²) in [5.41, 5.74) is 0. The van der Waals surface area contributed by atoms with Gasteiger partial charge in [-0.05, 0) is 45.2 Å². The lowest BCUT2D eigenvalue weighted by Gasteiger charge is -1.61. The third-order valence-corrected chi connectivity index (χ3v) is 2.63. The zero-order valence-corrected chi connectivity index (χ0v) is 8.19. The molecule has 38 valence electrons. The Balaban J connectivity index is 3.04. The van der Waals surface area contributed by atoms with Crippen molar-refractivity contribution in [1.29, 1.82) is 0 Å². The predicted molar refractivity (Wildman–Crippen MR) is 45.3 cm³/mol. The van der Waals surface area contributed by atoms with Gasteiger partial charge >= 0.3 is 0 Å². The monoisotopic (exact) mass is 338 g/mol. The van der Waals surface area contributed by atoms with E-state index >= 15 is 0 Å². The van der Waals surface area contributed by atoms with E-state index in [0.29, 0.717) is 0 Å². The normalized spacial score (nSPS) is 9.43. The Hall–Kier alpha value is 1.02. The van der Waals surface area contributed by atoms with Gasteiger partial charge in [-0.3, -0.25) is 0 Å². The molecule has 0 radical (unpaired) electrons. The highest BCUT2D eigenvalue weighted by atomic mass is 127. The summed E-state index contributed by atoms with van der Waals surface area (Å²) in [6, 6.07) is 0. The molecule has 1 rings (SSSR count). The molecule has 0 saturated carbocycles. The zero-order chi connectivity index (χ0) is 5.28. The second kappa shape index (κ2) is 2.53. The van der Waals surface area contributed by atoms with E-state index in [2.05, 4.69) is 55.4 Å². The van der Waals surface area contributed by atoms with E-state index in [4.69, 9.17) is 0 Å². The predicted octanol–water partition coefficient (Wildman–Crippen LogP) is 1.75. The van der Waals surface area contributed by atoms with E-state index in [0.717, 1.165) is 6.03 Å². The first-order valence-electron chi connectivity index (χ1n) is 1.43. The van der Waals surface area contributed by atoms with Gasteiger partial charge in [0.2, 0.25) is 0 Å². The molecule has 1 aromatic rings. The molecule has 0 aliphatic rings. The largest absolute Gasteiger partial charge is 0.178 e. The van der Waals surface area contributed by atoms with Crippen molar-refractivity contribution in [3.8, 4) is 0 Å². The minimum Gasteiger partial charge on any atom is -0.131 e. The molecule has 7 heavy (non-hydrogen) atoms. The number of nitrogens with zero attached hydrogens (tertiary/aromatic N) is 2. The van der Waals surface area contributed by atoms with Crippen molar-refractivity contribution in [2.24, 2.45) is 0 Å². The number of hydrogen-bond acceptors (Lipinski definition) is 3. The lowest BCUT2D eigenvalue weighted by atomic mass is 11.6. The van der Waals surface area contributed by atoms with Gasteiger partial charge in [0, 0.05) is 0 Å². The van der Waals surface area contributed by atoms with Crippen LogP contribution < -0.4 is 0 Å². The average molecular weight is 338 g/mol. The molecular weight excluding hydrogens is 338 g/mol. The fourth-order valence-corrected chi connectivity index (χ4v) is 3.22. The molecule has 0 aliphatic carbocycles. The van der Waals surface area contributed by atoms with Gasteiger partial charge in [0.25, 0.3) is 0 Å². The van der Waals surface area contributed by atoms with E-state index < -0.39 is 0 Å². The van der Waals surface area contributed by atoms with Gasteiger partial charge in [0.15, 0.2) is 6.03 Å². The molecule has 0 amide bonds. The topological polar surface area (TPSA) is 25.8 Å². The van der Waals surface area contributed by atoms with Crippen LogP contribution in [0.3, 0.4) is 0 Å². The van der Waals surface area contributed by atoms with E-state index in [1.54, 1.807) is 11.3 Å². The highest BCUT2D eigenvalue weighted by molar-refractivity contribution is 14.1. The zero-order valence-electron chi connectivity index (χ0n) is 3.06. The molecule has 0 bridgehead atoms. The first-order chi connectivity index (χ1) is 3.29. The van der Waals surface area contributed by atoms with Gasteiger partial charge in [-0.25, -0.2) is 0 Å². The van der Waals surface area contributed by atoms with Gasteiger partial charge < -0.3 is 0 Å².